The molecular formula is C17H21N3O. The molecular weight excluding hydrogens is 262 g/mol. The first-order valence-corrected chi connectivity index (χ1v) is 7.43. The van der Waals surface area contributed by atoms with Gasteiger partial charge in [0.25, 0.3) is 0 Å². The van der Waals surface area contributed by atoms with Gasteiger partial charge in [-0.25, -0.2) is 0 Å². The predicted octanol–water partition coefficient (Wildman–Crippen LogP) is 2.03. The van der Waals surface area contributed by atoms with E-state index >= 15 is 0 Å². The number of hydrogen-bond acceptors (Lipinski definition) is 3. The predicted molar refractivity (Wildman–Crippen MR) is 83.7 cm³/mol. The Labute approximate surface area is 125 Å². The largest absolute Gasteiger partial charge is 0.390 e. The van der Waals surface area contributed by atoms with Crippen molar-refractivity contribution >= 4 is 5.57 Å². The lowest BCUT2D eigenvalue weighted by Gasteiger charge is -2.29. The zero-order chi connectivity index (χ0) is 14.5. The van der Waals surface area contributed by atoms with E-state index in [1.807, 2.05) is 18.3 Å². The molecule has 0 radical (unpaired) electrons. The van der Waals surface area contributed by atoms with Gasteiger partial charge < -0.3 is 5.11 Å². The van der Waals surface area contributed by atoms with Crippen LogP contribution in [-0.4, -0.2) is 45.5 Å². The molecule has 0 saturated heterocycles. The number of aromatic nitrogens is 2. The number of aliphatic hydroxyl groups excluding tert-OH is 1. The summed E-state index contributed by atoms with van der Waals surface area (Å²) in [6, 6.07) is 12.4. The second kappa shape index (κ2) is 6.70. The quantitative estimate of drug-likeness (QED) is 0.913. The third-order valence-electron chi connectivity index (χ3n) is 3.80. The van der Waals surface area contributed by atoms with Crippen molar-refractivity contribution in [1.82, 2.24) is 14.7 Å². The van der Waals surface area contributed by atoms with Crippen molar-refractivity contribution in [1.29, 1.82) is 0 Å². The van der Waals surface area contributed by atoms with Gasteiger partial charge in [0, 0.05) is 32.0 Å². The Bertz CT molecular complexity index is 577. The van der Waals surface area contributed by atoms with E-state index in [1.54, 1.807) is 10.9 Å². The zero-order valence-corrected chi connectivity index (χ0v) is 12.1. The summed E-state index contributed by atoms with van der Waals surface area (Å²) in [4.78, 5) is 2.32. The Morgan fingerprint density at radius 3 is 2.76 bits per heavy atom. The van der Waals surface area contributed by atoms with Crippen LogP contribution in [0.3, 0.4) is 0 Å². The van der Waals surface area contributed by atoms with Crippen molar-refractivity contribution < 1.29 is 5.11 Å². The van der Waals surface area contributed by atoms with Crippen LogP contribution in [0.15, 0.2) is 54.9 Å². The van der Waals surface area contributed by atoms with Crippen molar-refractivity contribution in [2.45, 2.75) is 19.1 Å². The Balaban J connectivity index is 1.57. The van der Waals surface area contributed by atoms with E-state index in [9.17, 15) is 5.11 Å². The Hall–Kier alpha value is -1.91. The van der Waals surface area contributed by atoms with Crippen LogP contribution in [0.2, 0.25) is 0 Å². The summed E-state index contributed by atoms with van der Waals surface area (Å²) in [5, 5.41) is 14.3. The van der Waals surface area contributed by atoms with Crippen LogP contribution < -0.4 is 0 Å². The third-order valence-corrected chi connectivity index (χ3v) is 3.80. The van der Waals surface area contributed by atoms with E-state index in [1.165, 1.54) is 11.1 Å². The fourth-order valence-electron chi connectivity index (χ4n) is 2.80. The van der Waals surface area contributed by atoms with Crippen LogP contribution in [0.4, 0.5) is 0 Å². The van der Waals surface area contributed by atoms with Crippen LogP contribution >= 0.6 is 0 Å². The molecule has 110 valence electrons. The average molecular weight is 283 g/mol. The molecule has 0 aliphatic carbocycles. The minimum atomic E-state index is -0.389. The fraction of sp³-hybridized carbons (Fsp3) is 0.353. The van der Waals surface area contributed by atoms with Gasteiger partial charge in [-0.2, -0.15) is 5.10 Å². The van der Waals surface area contributed by atoms with Crippen LogP contribution in [0.5, 0.6) is 0 Å². The van der Waals surface area contributed by atoms with E-state index < -0.39 is 0 Å². The lowest BCUT2D eigenvalue weighted by atomic mass is 10.0. The van der Waals surface area contributed by atoms with Crippen LogP contribution in [0.25, 0.3) is 5.57 Å². The maximum atomic E-state index is 10.2. The molecule has 1 aliphatic rings. The van der Waals surface area contributed by atoms with Crippen molar-refractivity contribution in [2.75, 3.05) is 19.6 Å². The van der Waals surface area contributed by atoms with E-state index in [0.717, 1.165) is 19.5 Å². The van der Waals surface area contributed by atoms with Gasteiger partial charge in [-0.3, -0.25) is 9.58 Å². The SMILES string of the molecule is O[C@H](CN1CCC=C(c2ccccc2)C1)Cn1cccn1. The van der Waals surface area contributed by atoms with Gasteiger partial charge in [-0.15, -0.1) is 0 Å². The van der Waals surface area contributed by atoms with Crippen LogP contribution in [-0.2, 0) is 6.54 Å². The first-order chi connectivity index (χ1) is 10.3. The molecule has 1 atom stereocenters. The van der Waals surface area contributed by atoms with Gasteiger partial charge in [-0.1, -0.05) is 36.4 Å². The molecule has 21 heavy (non-hydrogen) atoms. The summed E-state index contributed by atoms with van der Waals surface area (Å²) < 4.78 is 1.78. The molecule has 2 heterocycles. The fourth-order valence-corrected chi connectivity index (χ4v) is 2.80. The van der Waals surface area contributed by atoms with Gasteiger partial charge in [-0.05, 0) is 23.6 Å². The normalized spacial score (nSPS) is 17.5. The lowest BCUT2D eigenvalue weighted by molar-refractivity contribution is 0.100. The molecule has 1 N–H and O–H groups in total. The smallest absolute Gasteiger partial charge is 0.0862 e. The number of benzene rings is 1. The molecule has 0 fully saturated rings. The monoisotopic (exact) mass is 283 g/mol. The maximum Gasteiger partial charge on any atom is 0.0862 e. The van der Waals surface area contributed by atoms with Crippen molar-refractivity contribution in [3.63, 3.8) is 0 Å². The lowest BCUT2D eigenvalue weighted by Crippen LogP contribution is -2.38. The second-order valence-corrected chi connectivity index (χ2v) is 5.50. The minimum Gasteiger partial charge on any atom is -0.390 e. The molecule has 0 spiro atoms. The van der Waals surface area contributed by atoms with E-state index in [0.29, 0.717) is 13.1 Å². The summed E-state index contributed by atoms with van der Waals surface area (Å²) in [5.41, 5.74) is 2.64. The Kier molecular flexibility index (Phi) is 4.48. The highest BCUT2D eigenvalue weighted by Gasteiger charge is 2.17. The Morgan fingerprint density at radius 1 is 1.14 bits per heavy atom. The minimum absolute atomic E-state index is 0.389. The van der Waals surface area contributed by atoms with E-state index in [2.05, 4.69) is 40.3 Å². The third kappa shape index (κ3) is 3.80. The molecule has 1 aromatic carbocycles. The molecule has 4 heteroatoms. The number of aliphatic hydroxyl groups is 1. The summed E-state index contributed by atoms with van der Waals surface area (Å²) in [6.45, 7) is 3.14. The molecule has 1 aliphatic heterocycles. The van der Waals surface area contributed by atoms with Crippen molar-refractivity contribution in [3.8, 4) is 0 Å². The topological polar surface area (TPSA) is 41.3 Å². The number of rotatable bonds is 5. The standard InChI is InChI=1S/C17H21N3O/c21-17(14-20-11-5-9-18-20)13-19-10-4-8-16(12-19)15-6-2-1-3-7-15/h1-3,5-9,11,17,21H,4,10,12-14H2/t17-/m1/s1. The highest BCUT2D eigenvalue weighted by Crippen LogP contribution is 2.20. The van der Waals surface area contributed by atoms with Gasteiger partial charge in [0.1, 0.15) is 0 Å². The van der Waals surface area contributed by atoms with Crippen molar-refractivity contribution in [2.24, 2.45) is 0 Å². The average Bonchev–Trinajstić information content (AvgIpc) is 3.01. The van der Waals surface area contributed by atoms with Crippen LogP contribution in [0.1, 0.15) is 12.0 Å². The first-order valence-electron chi connectivity index (χ1n) is 7.43. The van der Waals surface area contributed by atoms with Crippen LogP contribution in [0, 0.1) is 0 Å². The molecule has 0 bridgehead atoms. The highest BCUT2D eigenvalue weighted by atomic mass is 16.3. The van der Waals surface area contributed by atoms with E-state index in [4.69, 9.17) is 0 Å². The van der Waals surface area contributed by atoms with Gasteiger partial charge in [0.05, 0.1) is 12.6 Å². The summed E-state index contributed by atoms with van der Waals surface area (Å²) in [7, 11) is 0. The van der Waals surface area contributed by atoms with Crippen molar-refractivity contribution in [3.05, 3.63) is 60.4 Å². The molecule has 4 nitrogen and oxygen atoms in total. The molecule has 3 rings (SSSR count). The molecule has 0 amide bonds. The summed E-state index contributed by atoms with van der Waals surface area (Å²) in [6.07, 6.45) is 6.59. The highest BCUT2D eigenvalue weighted by molar-refractivity contribution is 5.67. The molecule has 2 aromatic rings. The second-order valence-electron chi connectivity index (χ2n) is 5.50. The van der Waals surface area contributed by atoms with E-state index in [-0.39, 0.29) is 6.10 Å². The maximum absolute atomic E-state index is 10.2. The Morgan fingerprint density at radius 2 is 2.00 bits per heavy atom. The number of hydrogen-bond donors (Lipinski definition) is 1. The zero-order valence-electron chi connectivity index (χ0n) is 12.1. The first kappa shape index (κ1) is 14.0. The summed E-state index contributed by atoms with van der Waals surface area (Å²) >= 11 is 0. The van der Waals surface area contributed by atoms with Gasteiger partial charge in [0.15, 0.2) is 0 Å². The number of nitrogens with zero attached hydrogens (tertiary/aromatic N) is 3. The molecule has 0 saturated carbocycles. The summed E-state index contributed by atoms with van der Waals surface area (Å²) in [5.74, 6) is 0. The molecule has 0 unspecified atom stereocenters. The van der Waals surface area contributed by atoms with Gasteiger partial charge >= 0.3 is 0 Å². The molecule has 1 aromatic heterocycles. The number of β-amino-alcohol motifs (C(OH)–C–C–N with tert-alkyl or cyclic N) is 1. The van der Waals surface area contributed by atoms with Gasteiger partial charge in [0.2, 0.25) is 0 Å².